The molecule has 0 aliphatic heterocycles. The Morgan fingerprint density at radius 3 is 2.72 bits per heavy atom. The van der Waals surface area contributed by atoms with Gasteiger partial charge in [0.15, 0.2) is 5.96 Å². The average Bonchev–Trinajstić information content (AvgIpc) is 3.14. The molecule has 1 aromatic heterocycles. The lowest BCUT2D eigenvalue weighted by molar-refractivity contribution is 0.0655. The van der Waals surface area contributed by atoms with Crippen LogP contribution in [0, 0.1) is 0 Å². The molecule has 1 atom stereocenters. The van der Waals surface area contributed by atoms with Crippen molar-refractivity contribution < 1.29 is 9.84 Å². The monoisotopic (exact) mass is 361 g/mol. The van der Waals surface area contributed by atoms with E-state index in [0.29, 0.717) is 25.7 Å². The quantitative estimate of drug-likeness (QED) is 0.500. The first-order valence-electron chi connectivity index (χ1n) is 8.40. The highest BCUT2D eigenvalue weighted by Gasteiger charge is 2.24. The molecule has 0 spiro atoms. The van der Waals surface area contributed by atoms with E-state index >= 15 is 0 Å². The van der Waals surface area contributed by atoms with E-state index in [2.05, 4.69) is 21.7 Å². The number of rotatable bonds is 8. The number of hydrogen-bond acceptors (Lipinski definition) is 4. The molecule has 25 heavy (non-hydrogen) atoms. The Labute approximate surface area is 153 Å². The van der Waals surface area contributed by atoms with E-state index in [-0.39, 0.29) is 0 Å². The van der Waals surface area contributed by atoms with Crippen LogP contribution in [0.3, 0.4) is 0 Å². The molecule has 2 aromatic rings. The summed E-state index contributed by atoms with van der Waals surface area (Å²) in [5.41, 5.74) is 1.33. The second-order valence-electron chi connectivity index (χ2n) is 6.05. The minimum absolute atomic E-state index is 0.392. The van der Waals surface area contributed by atoms with Crippen molar-refractivity contribution >= 4 is 17.3 Å². The van der Waals surface area contributed by atoms with E-state index in [9.17, 15) is 5.11 Å². The van der Waals surface area contributed by atoms with Crippen LogP contribution in [0.1, 0.15) is 29.9 Å². The summed E-state index contributed by atoms with van der Waals surface area (Å²) in [6.07, 6.45) is 0. The molecule has 2 rings (SSSR count). The maximum absolute atomic E-state index is 10.6. The number of methoxy groups -OCH3 is 1. The first-order valence-corrected chi connectivity index (χ1v) is 9.28. The van der Waals surface area contributed by atoms with Gasteiger partial charge in [-0.25, -0.2) is 4.99 Å². The smallest absolute Gasteiger partial charge is 0.191 e. The van der Waals surface area contributed by atoms with E-state index in [1.807, 2.05) is 49.6 Å². The molecule has 0 aliphatic rings. The Morgan fingerprint density at radius 2 is 2.04 bits per heavy atom. The summed E-state index contributed by atoms with van der Waals surface area (Å²) < 4.78 is 5.17. The summed E-state index contributed by atoms with van der Waals surface area (Å²) in [5, 5.41) is 19.0. The molecule has 0 saturated carbocycles. The second kappa shape index (κ2) is 9.56. The number of guanidine groups is 1. The molecule has 136 valence electrons. The zero-order chi connectivity index (χ0) is 18.1. The number of nitrogens with zero attached hydrogens (tertiary/aromatic N) is 1. The summed E-state index contributed by atoms with van der Waals surface area (Å²) in [7, 11) is 1.69. The van der Waals surface area contributed by atoms with Gasteiger partial charge >= 0.3 is 0 Å². The van der Waals surface area contributed by atoms with Gasteiger partial charge in [-0.1, -0.05) is 30.3 Å². The molecule has 1 aromatic carbocycles. The maximum atomic E-state index is 10.6. The van der Waals surface area contributed by atoms with Crippen molar-refractivity contribution in [1.82, 2.24) is 10.6 Å². The second-order valence-corrected chi connectivity index (χ2v) is 7.00. The van der Waals surface area contributed by atoms with Crippen molar-refractivity contribution in [2.45, 2.75) is 32.6 Å². The Balaban J connectivity index is 1.99. The van der Waals surface area contributed by atoms with E-state index in [4.69, 9.17) is 4.74 Å². The van der Waals surface area contributed by atoms with Crippen molar-refractivity contribution in [2.75, 3.05) is 20.2 Å². The standard InChI is InChI=1S/C19H27N3O2S/c1-4-20-18(22-14-19(2,23)17-9-6-10-25-17)21-12-15-7-5-8-16(11-15)13-24-3/h5-11,23H,4,12-14H2,1-3H3,(H2,20,21,22). The lowest BCUT2D eigenvalue weighted by Crippen LogP contribution is -2.44. The highest BCUT2D eigenvalue weighted by Crippen LogP contribution is 2.24. The van der Waals surface area contributed by atoms with Crippen LogP contribution < -0.4 is 10.6 Å². The molecule has 3 N–H and O–H groups in total. The lowest BCUT2D eigenvalue weighted by Gasteiger charge is -2.23. The minimum Gasteiger partial charge on any atom is -0.383 e. The van der Waals surface area contributed by atoms with Gasteiger partial charge in [0.1, 0.15) is 5.60 Å². The number of thiophene rings is 1. The van der Waals surface area contributed by atoms with Crippen LogP contribution in [0.4, 0.5) is 0 Å². The van der Waals surface area contributed by atoms with Gasteiger partial charge in [-0.15, -0.1) is 11.3 Å². The molecule has 6 heteroatoms. The first kappa shape index (κ1) is 19.4. The van der Waals surface area contributed by atoms with Crippen LogP contribution in [0.15, 0.2) is 46.8 Å². The zero-order valence-corrected chi connectivity index (χ0v) is 15.9. The topological polar surface area (TPSA) is 65.9 Å². The van der Waals surface area contributed by atoms with Gasteiger partial charge in [0.2, 0.25) is 0 Å². The van der Waals surface area contributed by atoms with Crippen LogP contribution in [0.5, 0.6) is 0 Å². The largest absolute Gasteiger partial charge is 0.383 e. The van der Waals surface area contributed by atoms with Crippen LogP contribution in [0.2, 0.25) is 0 Å². The van der Waals surface area contributed by atoms with Gasteiger partial charge in [0.25, 0.3) is 0 Å². The van der Waals surface area contributed by atoms with Gasteiger partial charge in [-0.05, 0) is 36.4 Å². The summed E-state index contributed by atoms with van der Waals surface area (Å²) in [4.78, 5) is 5.55. The fourth-order valence-electron chi connectivity index (χ4n) is 2.42. The normalized spacial score (nSPS) is 14.2. The van der Waals surface area contributed by atoms with Crippen molar-refractivity contribution in [3.63, 3.8) is 0 Å². The zero-order valence-electron chi connectivity index (χ0n) is 15.1. The number of aliphatic hydroxyl groups is 1. The lowest BCUT2D eigenvalue weighted by atomic mass is 10.1. The molecule has 5 nitrogen and oxygen atoms in total. The first-order chi connectivity index (χ1) is 12.0. The van der Waals surface area contributed by atoms with Gasteiger partial charge < -0.3 is 20.5 Å². The number of nitrogens with one attached hydrogen (secondary N) is 2. The molecular formula is C19H27N3O2S. The van der Waals surface area contributed by atoms with Gasteiger partial charge in [-0.2, -0.15) is 0 Å². The summed E-state index contributed by atoms with van der Waals surface area (Å²) in [5.74, 6) is 0.691. The molecule has 0 amide bonds. The van der Waals surface area contributed by atoms with Crippen molar-refractivity contribution in [1.29, 1.82) is 0 Å². The van der Waals surface area contributed by atoms with Crippen LogP contribution >= 0.6 is 11.3 Å². The Morgan fingerprint density at radius 1 is 1.24 bits per heavy atom. The number of ether oxygens (including phenoxy) is 1. The summed E-state index contributed by atoms with van der Waals surface area (Å²) >= 11 is 1.55. The molecule has 0 radical (unpaired) electrons. The maximum Gasteiger partial charge on any atom is 0.191 e. The van der Waals surface area contributed by atoms with Gasteiger partial charge in [-0.3, -0.25) is 0 Å². The fraction of sp³-hybridized carbons (Fsp3) is 0.421. The van der Waals surface area contributed by atoms with Crippen molar-refractivity contribution in [2.24, 2.45) is 4.99 Å². The van der Waals surface area contributed by atoms with Crippen LogP contribution in [0.25, 0.3) is 0 Å². The molecule has 0 aliphatic carbocycles. The third-order valence-corrected chi connectivity index (χ3v) is 4.84. The summed E-state index contributed by atoms with van der Waals surface area (Å²) in [6, 6.07) is 12.1. The molecule has 0 bridgehead atoms. The minimum atomic E-state index is -0.928. The number of benzene rings is 1. The van der Waals surface area contributed by atoms with Crippen LogP contribution in [-0.2, 0) is 23.5 Å². The molecule has 1 heterocycles. The third kappa shape index (κ3) is 6.16. The van der Waals surface area contributed by atoms with Gasteiger partial charge in [0, 0.05) is 18.5 Å². The summed E-state index contributed by atoms with van der Waals surface area (Å²) in [6.45, 7) is 6.14. The SMILES string of the molecule is CCNC(=NCc1cccc(COC)c1)NCC(C)(O)c1cccs1. The van der Waals surface area contributed by atoms with Crippen molar-refractivity contribution in [3.8, 4) is 0 Å². The molecule has 0 saturated heterocycles. The van der Waals surface area contributed by atoms with Crippen LogP contribution in [-0.4, -0.2) is 31.3 Å². The molecule has 0 fully saturated rings. The Bertz CT molecular complexity index is 669. The van der Waals surface area contributed by atoms with E-state index in [0.717, 1.165) is 22.5 Å². The van der Waals surface area contributed by atoms with Crippen molar-refractivity contribution in [3.05, 3.63) is 57.8 Å². The predicted molar refractivity (Wildman–Crippen MR) is 104 cm³/mol. The van der Waals surface area contributed by atoms with E-state index in [1.54, 1.807) is 18.4 Å². The van der Waals surface area contributed by atoms with Gasteiger partial charge in [0.05, 0.1) is 19.7 Å². The van der Waals surface area contributed by atoms with E-state index < -0.39 is 5.60 Å². The average molecular weight is 362 g/mol. The Kier molecular flexibility index (Phi) is 7.43. The molecular weight excluding hydrogens is 334 g/mol. The fourth-order valence-corrected chi connectivity index (χ4v) is 3.21. The molecule has 1 unspecified atom stereocenters. The highest BCUT2D eigenvalue weighted by atomic mass is 32.1. The van der Waals surface area contributed by atoms with E-state index in [1.165, 1.54) is 0 Å². The predicted octanol–water partition coefficient (Wildman–Crippen LogP) is 2.86. The Hall–Kier alpha value is -1.89. The number of aliphatic imine (C=N–C) groups is 1. The highest BCUT2D eigenvalue weighted by molar-refractivity contribution is 7.10. The number of hydrogen-bond donors (Lipinski definition) is 3. The third-order valence-electron chi connectivity index (χ3n) is 3.72.